The number of hydrogen-bond acceptors (Lipinski definition) is 7. The van der Waals surface area contributed by atoms with Gasteiger partial charge >= 0.3 is 11.7 Å². The van der Waals surface area contributed by atoms with Crippen molar-refractivity contribution in [1.82, 2.24) is 9.97 Å². The molecule has 21 heavy (non-hydrogen) atoms. The van der Waals surface area contributed by atoms with Crippen molar-refractivity contribution < 1.29 is 14.5 Å². The zero-order valence-corrected chi connectivity index (χ0v) is 11.1. The van der Waals surface area contributed by atoms with Crippen LogP contribution in [0.1, 0.15) is 16.2 Å². The summed E-state index contributed by atoms with van der Waals surface area (Å²) in [5.41, 5.74) is 0.460. The molecule has 0 fully saturated rings. The molecule has 0 amide bonds. The standard InChI is InChI=1S/C13H12N4O4/c1-21-13(18)10-5-6-11(17(19)20)12(16-10)15-8-9-4-2-3-7-14-9/h2-7H,8H2,1H3,(H,15,16). The Labute approximate surface area is 120 Å². The number of nitrogens with zero attached hydrogens (tertiary/aromatic N) is 3. The molecule has 0 spiro atoms. The van der Waals surface area contributed by atoms with E-state index in [0.29, 0.717) is 5.69 Å². The monoisotopic (exact) mass is 288 g/mol. The van der Waals surface area contributed by atoms with Gasteiger partial charge in [-0.3, -0.25) is 15.1 Å². The van der Waals surface area contributed by atoms with Crippen LogP contribution in [0, 0.1) is 10.1 Å². The van der Waals surface area contributed by atoms with Crippen LogP contribution in [-0.2, 0) is 11.3 Å². The van der Waals surface area contributed by atoms with E-state index in [4.69, 9.17) is 0 Å². The van der Waals surface area contributed by atoms with Gasteiger partial charge < -0.3 is 10.1 Å². The molecule has 0 aliphatic heterocycles. The molecule has 0 bridgehead atoms. The quantitative estimate of drug-likeness (QED) is 0.507. The van der Waals surface area contributed by atoms with E-state index in [-0.39, 0.29) is 23.7 Å². The molecule has 2 rings (SSSR count). The van der Waals surface area contributed by atoms with E-state index in [1.807, 2.05) is 0 Å². The number of carbonyl (C=O) groups is 1. The number of hydrogen-bond donors (Lipinski definition) is 1. The molecule has 2 aromatic rings. The molecular formula is C13H12N4O4. The van der Waals surface area contributed by atoms with Gasteiger partial charge in [0.25, 0.3) is 0 Å². The first-order valence-electron chi connectivity index (χ1n) is 5.99. The number of rotatable bonds is 5. The van der Waals surface area contributed by atoms with Crippen LogP contribution >= 0.6 is 0 Å². The minimum absolute atomic E-state index is 0.00597. The Bertz CT molecular complexity index is 660. The molecular weight excluding hydrogens is 276 g/mol. The van der Waals surface area contributed by atoms with Gasteiger partial charge in [-0.15, -0.1) is 0 Å². The van der Waals surface area contributed by atoms with E-state index in [9.17, 15) is 14.9 Å². The number of carbonyl (C=O) groups excluding carboxylic acids is 1. The van der Waals surface area contributed by atoms with Gasteiger partial charge in [0, 0.05) is 12.3 Å². The van der Waals surface area contributed by atoms with Crippen molar-refractivity contribution in [2.45, 2.75) is 6.54 Å². The van der Waals surface area contributed by atoms with Gasteiger partial charge in [-0.1, -0.05) is 6.07 Å². The molecule has 0 radical (unpaired) electrons. The number of methoxy groups -OCH3 is 1. The fraction of sp³-hybridized carbons (Fsp3) is 0.154. The lowest BCUT2D eigenvalue weighted by molar-refractivity contribution is -0.384. The van der Waals surface area contributed by atoms with Crippen LogP contribution < -0.4 is 5.32 Å². The minimum atomic E-state index is -0.661. The number of nitrogens with one attached hydrogen (secondary N) is 1. The average molecular weight is 288 g/mol. The van der Waals surface area contributed by atoms with E-state index in [2.05, 4.69) is 20.0 Å². The molecule has 108 valence electrons. The second kappa shape index (κ2) is 6.42. The molecule has 0 atom stereocenters. The van der Waals surface area contributed by atoms with Crippen LogP contribution in [0.15, 0.2) is 36.5 Å². The topological polar surface area (TPSA) is 107 Å². The van der Waals surface area contributed by atoms with Crippen molar-refractivity contribution in [3.05, 3.63) is 58.0 Å². The lowest BCUT2D eigenvalue weighted by atomic mass is 10.3. The molecule has 0 unspecified atom stereocenters. The van der Waals surface area contributed by atoms with Crippen molar-refractivity contribution in [1.29, 1.82) is 0 Å². The Morgan fingerprint density at radius 3 is 2.81 bits per heavy atom. The normalized spacial score (nSPS) is 9.95. The summed E-state index contributed by atoms with van der Waals surface area (Å²) >= 11 is 0. The highest BCUT2D eigenvalue weighted by molar-refractivity contribution is 5.88. The van der Waals surface area contributed by atoms with Gasteiger partial charge in [0.1, 0.15) is 0 Å². The molecule has 0 aliphatic rings. The first-order chi connectivity index (χ1) is 10.1. The number of anilines is 1. The maximum Gasteiger partial charge on any atom is 0.356 e. The third kappa shape index (κ3) is 3.50. The van der Waals surface area contributed by atoms with Crippen LogP contribution in [-0.4, -0.2) is 28.0 Å². The Balaban J connectivity index is 2.26. The first-order valence-corrected chi connectivity index (χ1v) is 5.99. The van der Waals surface area contributed by atoms with E-state index < -0.39 is 10.9 Å². The highest BCUT2D eigenvalue weighted by atomic mass is 16.6. The lowest BCUT2D eigenvalue weighted by Crippen LogP contribution is -2.10. The lowest BCUT2D eigenvalue weighted by Gasteiger charge is -2.07. The van der Waals surface area contributed by atoms with Gasteiger partial charge in [0.15, 0.2) is 5.69 Å². The van der Waals surface area contributed by atoms with Crippen molar-refractivity contribution >= 4 is 17.5 Å². The van der Waals surface area contributed by atoms with Crippen LogP contribution in [0.25, 0.3) is 0 Å². The Kier molecular flexibility index (Phi) is 4.39. The second-order valence-electron chi connectivity index (χ2n) is 3.99. The summed E-state index contributed by atoms with van der Waals surface area (Å²) in [6.45, 7) is 0.249. The fourth-order valence-electron chi connectivity index (χ4n) is 1.62. The summed E-state index contributed by atoms with van der Waals surface area (Å²) in [7, 11) is 1.21. The summed E-state index contributed by atoms with van der Waals surface area (Å²) in [6.07, 6.45) is 1.61. The smallest absolute Gasteiger partial charge is 0.356 e. The SMILES string of the molecule is COC(=O)c1ccc([N+](=O)[O-])c(NCc2ccccn2)n1. The number of esters is 1. The van der Waals surface area contributed by atoms with Crippen molar-refractivity contribution in [3.8, 4) is 0 Å². The third-order valence-electron chi connectivity index (χ3n) is 2.63. The Morgan fingerprint density at radius 1 is 1.38 bits per heavy atom. The molecule has 2 aromatic heterocycles. The minimum Gasteiger partial charge on any atom is -0.464 e. The van der Waals surface area contributed by atoms with Crippen molar-refractivity contribution in [3.63, 3.8) is 0 Å². The van der Waals surface area contributed by atoms with Crippen molar-refractivity contribution in [2.75, 3.05) is 12.4 Å². The predicted molar refractivity (Wildman–Crippen MR) is 73.8 cm³/mol. The maximum absolute atomic E-state index is 11.4. The third-order valence-corrected chi connectivity index (χ3v) is 2.63. The number of ether oxygens (including phenoxy) is 1. The predicted octanol–water partition coefficient (Wildman–Crippen LogP) is 1.78. The summed E-state index contributed by atoms with van der Waals surface area (Å²) < 4.78 is 4.54. The van der Waals surface area contributed by atoms with Crippen molar-refractivity contribution in [2.24, 2.45) is 0 Å². The first kappa shape index (κ1) is 14.4. The van der Waals surface area contributed by atoms with E-state index in [1.165, 1.54) is 19.2 Å². The largest absolute Gasteiger partial charge is 0.464 e. The molecule has 8 heteroatoms. The van der Waals surface area contributed by atoms with E-state index in [1.54, 1.807) is 24.4 Å². The molecule has 8 nitrogen and oxygen atoms in total. The highest BCUT2D eigenvalue weighted by Gasteiger charge is 2.18. The molecule has 1 N–H and O–H groups in total. The molecule has 0 saturated carbocycles. The summed E-state index contributed by atoms with van der Waals surface area (Å²) in [5.74, 6) is -0.667. The average Bonchev–Trinajstić information content (AvgIpc) is 2.52. The molecule has 0 aromatic carbocycles. The molecule has 0 aliphatic carbocycles. The van der Waals surface area contributed by atoms with Gasteiger partial charge in [-0.25, -0.2) is 9.78 Å². The summed E-state index contributed by atoms with van der Waals surface area (Å²) in [6, 6.07) is 7.79. The van der Waals surface area contributed by atoms with Crippen LogP contribution in [0.5, 0.6) is 0 Å². The van der Waals surface area contributed by atoms with Gasteiger partial charge in [-0.2, -0.15) is 0 Å². The molecule has 0 saturated heterocycles. The number of pyridine rings is 2. The van der Waals surface area contributed by atoms with E-state index in [0.717, 1.165) is 0 Å². The fourth-order valence-corrected chi connectivity index (χ4v) is 1.62. The van der Waals surface area contributed by atoms with Gasteiger partial charge in [0.2, 0.25) is 5.82 Å². The Hall–Kier alpha value is -3.03. The molecule has 2 heterocycles. The van der Waals surface area contributed by atoms with Gasteiger partial charge in [0.05, 0.1) is 24.3 Å². The number of nitro groups is 1. The zero-order chi connectivity index (χ0) is 15.2. The highest BCUT2D eigenvalue weighted by Crippen LogP contribution is 2.22. The van der Waals surface area contributed by atoms with Crippen LogP contribution in [0.2, 0.25) is 0 Å². The van der Waals surface area contributed by atoms with Crippen LogP contribution in [0.4, 0.5) is 11.5 Å². The van der Waals surface area contributed by atoms with Crippen LogP contribution in [0.3, 0.4) is 0 Å². The summed E-state index contributed by atoms with van der Waals surface area (Å²) in [4.78, 5) is 29.8. The van der Waals surface area contributed by atoms with E-state index >= 15 is 0 Å². The second-order valence-corrected chi connectivity index (χ2v) is 3.99. The number of aromatic nitrogens is 2. The maximum atomic E-state index is 11.4. The zero-order valence-electron chi connectivity index (χ0n) is 11.1. The Morgan fingerprint density at radius 2 is 2.19 bits per heavy atom. The summed E-state index contributed by atoms with van der Waals surface area (Å²) in [5, 5.41) is 13.8. The van der Waals surface area contributed by atoms with Gasteiger partial charge in [-0.05, 0) is 18.2 Å².